The van der Waals surface area contributed by atoms with E-state index in [0.717, 1.165) is 19.3 Å². The molecule has 0 aliphatic heterocycles. The second kappa shape index (κ2) is 13.3. The molecule has 148 valence electrons. The number of unbranched alkanes of at least 4 members (excludes halogenated alkanes) is 6. The van der Waals surface area contributed by atoms with Crippen molar-refractivity contribution in [2.24, 2.45) is 5.41 Å². The molecule has 0 aliphatic carbocycles. The molecule has 4 N–H and O–H groups in total. The van der Waals surface area contributed by atoms with Crippen molar-refractivity contribution in [2.75, 3.05) is 0 Å². The van der Waals surface area contributed by atoms with E-state index in [1.807, 2.05) is 0 Å². The monoisotopic (exact) mass is 358 g/mol. The van der Waals surface area contributed by atoms with E-state index in [9.17, 15) is 20.1 Å². The first-order valence-electron chi connectivity index (χ1n) is 9.66. The van der Waals surface area contributed by atoms with Crippen LogP contribution in [0.15, 0.2) is 12.2 Å². The van der Waals surface area contributed by atoms with Crippen LogP contribution in [0.1, 0.15) is 85.0 Å². The lowest BCUT2D eigenvalue weighted by atomic mass is 9.87. The summed E-state index contributed by atoms with van der Waals surface area (Å²) >= 11 is 0. The lowest BCUT2D eigenvalue weighted by Gasteiger charge is -2.20. The minimum atomic E-state index is -0.998. The Morgan fingerprint density at radius 1 is 0.920 bits per heavy atom. The van der Waals surface area contributed by atoms with Gasteiger partial charge in [0.1, 0.15) is 0 Å². The van der Waals surface area contributed by atoms with E-state index in [0.29, 0.717) is 19.3 Å². The van der Waals surface area contributed by atoms with Crippen LogP contribution < -0.4 is 0 Å². The van der Waals surface area contributed by atoms with E-state index in [-0.39, 0.29) is 0 Å². The van der Waals surface area contributed by atoms with Crippen molar-refractivity contribution in [3.63, 3.8) is 0 Å². The molecule has 3 unspecified atom stereocenters. The maximum absolute atomic E-state index is 11.0. The number of aliphatic hydroxyl groups excluding tert-OH is 3. The average Bonchev–Trinajstić information content (AvgIpc) is 2.56. The number of carbonyl (C=O) groups is 1. The number of hydrogen-bond acceptors (Lipinski definition) is 4. The number of carboxylic acids is 1. The van der Waals surface area contributed by atoms with Gasteiger partial charge in [0.05, 0.1) is 23.7 Å². The normalized spacial score (nSPS) is 16.1. The summed E-state index contributed by atoms with van der Waals surface area (Å²) in [4.78, 5) is 11.0. The smallest absolute Gasteiger partial charge is 0.309 e. The average molecular weight is 359 g/mol. The van der Waals surface area contributed by atoms with Crippen LogP contribution in [-0.2, 0) is 4.79 Å². The number of rotatable bonds is 15. The van der Waals surface area contributed by atoms with Crippen LogP contribution in [0.2, 0.25) is 0 Å². The number of hydrogen-bond donors (Lipinski definition) is 4. The Balaban J connectivity index is 3.95. The maximum atomic E-state index is 11.0. The van der Waals surface area contributed by atoms with E-state index < -0.39 is 29.7 Å². The van der Waals surface area contributed by atoms with Crippen LogP contribution in [0, 0.1) is 5.41 Å². The molecule has 5 nitrogen and oxygen atoms in total. The van der Waals surface area contributed by atoms with E-state index in [4.69, 9.17) is 5.11 Å². The molecular weight excluding hydrogens is 320 g/mol. The largest absolute Gasteiger partial charge is 0.481 e. The van der Waals surface area contributed by atoms with Crippen LogP contribution in [0.4, 0.5) is 0 Å². The summed E-state index contributed by atoms with van der Waals surface area (Å²) < 4.78 is 0. The molecule has 0 aliphatic rings. The maximum Gasteiger partial charge on any atom is 0.309 e. The molecule has 0 aromatic heterocycles. The van der Waals surface area contributed by atoms with Crippen molar-refractivity contribution in [1.82, 2.24) is 0 Å². The molecule has 0 spiro atoms. The zero-order valence-electron chi connectivity index (χ0n) is 16.2. The van der Waals surface area contributed by atoms with Crippen LogP contribution in [0.5, 0.6) is 0 Å². The minimum Gasteiger partial charge on any atom is -0.481 e. The van der Waals surface area contributed by atoms with Crippen molar-refractivity contribution in [2.45, 2.75) is 103 Å². The van der Waals surface area contributed by atoms with E-state index in [1.54, 1.807) is 13.8 Å². The molecular formula is C20H38O5. The van der Waals surface area contributed by atoms with Gasteiger partial charge in [-0.1, -0.05) is 64.0 Å². The Bertz CT molecular complexity index is 378. The first kappa shape index (κ1) is 24.1. The van der Waals surface area contributed by atoms with Crippen LogP contribution in [0.25, 0.3) is 0 Å². The van der Waals surface area contributed by atoms with Gasteiger partial charge in [0.15, 0.2) is 0 Å². The van der Waals surface area contributed by atoms with Gasteiger partial charge in [0, 0.05) is 0 Å². The molecule has 3 atom stereocenters. The van der Waals surface area contributed by atoms with Crippen molar-refractivity contribution in [3.05, 3.63) is 12.2 Å². The predicted molar refractivity (Wildman–Crippen MR) is 100 cm³/mol. The molecule has 0 aromatic rings. The van der Waals surface area contributed by atoms with Gasteiger partial charge in [-0.2, -0.15) is 0 Å². The zero-order chi connectivity index (χ0) is 19.3. The lowest BCUT2D eigenvalue weighted by Crippen LogP contribution is -2.26. The third-order valence-electron chi connectivity index (χ3n) is 4.67. The molecule has 0 bridgehead atoms. The molecule has 0 fully saturated rings. The zero-order valence-corrected chi connectivity index (χ0v) is 16.2. The fourth-order valence-electron chi connectivity index (χ4n) is 2.56. The van der Waals surface area contributed by atoms with E-state index >= 15 is 0 Å². The van der Waals surface area contributed by atoms with Gasteiger partial charge in [-0.3, -0.25) is 4.79 Å². The summed E-state index contributed by atoms with van der Waals surface area (Å²) in [6.45, 7) is 5.43. The molecule has 0 radical (unpaired) electrons. The Morgan fingerprint density at radius 3 is 2.04 bits per heavy atom. The van der Waals surface area contributed by atoms with Gasteiger partial charge in [0.25, 0.3) is 0 Å². The van der Waals surface area contributed by atoms with Gasteiger partial charge in [0.2, 0.25) is 0 Å². The molecule has 25 heavy (non-hydrogen) atoms. The van der Waals surface area contributed by atoms with Gasteiger partial charge in [-0.15, -0.1) is 0 Å². The summed E-state index contributed by atoms with van der Waals surface area (Å²) in [5.41, 5.74) is -0.885. The highest BCUT2D eigenvalue weighted by molar-refractivity contribution is 5.73. The standard InChI is InChI=1S/C20H38O5/c1-4-5-6-7-8-9-10-11-17(22)18(23)13-12-16(21)14-15-20(2,3)19(24)25/h12-13,16-18,21-23H,4-11,14-15H2,1-3H3,(H,24,25)/b13-12+. The SMILES string of the molecule is CCCCCCCCCC(O)C(O)/C=C/C(O)CCC(C)(C)C(=O)O. The second-order valence-electron chi connectivity index (χ2n) is 7.65. The van der Waals surface area contributed by atoms with Gasteiger partial charge in [-0.25, -0.2) is 0 Å². The topological polar surface area (TPSA) is 98.0 Å². The van der Waals surface area contributed by atoms with Gasteiger partial charge < -0.3 is 20.4 Å². The third kappa shape index (κ3) is 12.1. The summed E-state index contributed by atoms with van der Waals surface area (Å²) in [6, 6.07) is 0. The molecule has 5 heteroatoms. The van der Waals surface area contributed by atoms with Crippen molar-refractivity contribution in [3.8, 4) is 0 Å². The Hall–Kier alpha value is -0.910. The number of aliphatic hydroxyl groups is 3. The Labute approximate surface area is 152 Å². The van der Waals surface area contributed by atoms with Crippen LogP contribution >= 0.6 is 0 Å². The van der Waals surface area contributed by atoms with Crippen molar-refractivity contribution >= 4 is 5.97 Å². The molecule has 0 heterocycles. The van der Waals surface area contributed by atoms with Crippen LogP contribution in [0.3, 0.4) is 0 Å². The summed E-state index contributed by atoms with van der Waals surface area (Å²) in [7, 11) is 0. The first-order valence-corrected chi connectivity index (χ1v) is 9.66. The summed E-state index contributed by atoms with van der Waals surface area (Å²) in [6.07, 6.45) is 9.50. The van der Waals surface area contributed by atoms with E-state index in [2.05, 4.69) is 6.92 Å². The fourth-order valence-corrected chi connectivity index (χ4v) is 2.56. The van der Waals surface area contributed by atoms with E-state index in [1.165, 1.54) is 37.8 Å². The quantitative estimate of drug-likeness (QED) is 0.264. The van der Waals surface area contributed by atoms with Crippen LogP contribution in [-0.4, -0.2) is 44.7 Å². The molecule has 0 rings (SSSR count). The Morgan fingerprint density at radius 2 is 1.48 bits per heavy atom. The predicted octanol–water partition coefficient (Wildman–Crippen LogP) is 3.66. The van der Waals surface area contributed by atoms with Crippen molar-refractivity contribution in [1.29, 1.82) is 0 Å². The lowest BCUT2D eigenvalue weighted by molar-refractivity contribution is -0.147. The fraction of sp³-hybridized carbons (Fsp3) is 0.850. The van der Waals surface area contributed by atoms with Gasteiger partial charge >= 0.3 is 5.97 Å². The molecule has 0 amide bonds. The highest BCUT2D eigenvalue weighted by atomic mass is 16.4. The molecule has 0 saturated heterocycles. The third-order valence-corrected chi connectivity index (χ3v) is 4.67. The molecule has 0 saturated carbocycles. The number of aliphatic carboxylic acids is 1. The second-order valence-corrected chi connectivity index (χ2v) is 7.65. The summed E-state index contributed by atoms with van der Waals surface area (Å²) in [5, 5.41) is 38.8. The van der Waals surface area contributed by atoms with Crippen molar-refractivity contribution < 1.29 is 25.2 Å². The Kier molecular flexibility index (Phi) is 12.8. The highest BCUT2D eigenvalue weighted by Gasteiger charge is 2.27. The molecule has 0 aromatic carbocycles. The minimum absolute atomic E-state index is 0.302. The highest BCUT2D eigenvalue weighted by Crippen LogP contribution is 2.23. The van der Waals surface area contributed by atoms with Gasteiger partial charge in [-0.05, 0) is 33.1 Å². The first-order chi connectivity index (χ1) is 11.7. The number of carboxylic acid groups (broad SMARTS) is 1. The summed E-state index contributed by atoms with van der Waals surface area (Å²) in [5.74, 6) is -0.895.